The lowest BCUT2D eigenvalue weighted by Crippen LogP contribution is -2.69. The van der Waals surface area contributed by atoms with Crippen molar-refractivity contribution in [1.82, 2.24) is 10.2 Å². The van der Waals surface area contributed by atoms with Gasteiger partial charge in [-0.25, -0.2) is 0 Å². The summed E-state index contributed by atoms with van der Waals surface area (Å²) < 4.78 is 5.44. The smallest absolute Gasteiger partial charge is 0.325 e. The molecule has 2 amide bonds. The third-order valence-corrected chi connectivity index (χ3v) is 10.3. The topological polar surface area (TPSA) is 99.9 Å². The van der Waals surface area contributed by atoms with Gasteiger partial charge in [-0.1, -0.05) is 46.3 Å². The number of carboxylic acids is 1. The van der Waals surface area contributed by atoms with Crippen LogP contribution >= 0.6 is 39.5 Å². The number of para-hydroxylation sites is 1. The second-order valence-corrected chi connectivity index (χ2v) is 12.7. The highest BCUT2D eigenvalue weighted by molar-refractivity contribution is 9.10. The molecule has 10 heteroatoms. The van der Waals surface area contributed by atoms with Gasteiger partial charge in [0.2, 0.25) is 11.8 Å². The quantitative estimate of drug-likeness (QED) is 0.293. The van der Waals surface area contributed by atoms with Crippen LogP contribution in [0.5, 0.6) is 0 Å². The molecule has 6 rings (SSSR count). The molecule has 1 aromatic heterocycles. The monoisotopic (exact) mass is 596 g/mol. The minimum absolute atomic E-state index is 0.00486. The van der Waals surface area contributed by atoms with Crippen LogP contribution in [0.15, 0.2) is 80.5 Å². The number of rotatable bonds is 6. The third kappa shape index (κ3) is 4.41. The van der Waals surface area contributed by atoms with Crippen LogP contribution in [-0.4, -0.2) is 49.8 Å². The minimum atomic E-state index is -1.48. The fourth-order valence-electron chi connectivity index (χ4n) is 4.76. The molecule has 2 aliphatic rings. The lowest BCUT2D eigenvalue weighted by atomic mass is 10.0. The van der Waals surface area contributed by atoms with Crippen LogP contribution < -0.4 is 5.32 Å². The summed E-state index contributed by atoms with van der Waals surface area (Å²) in [6, 6.07) is 20.8. The first-order valence-corrected chi connectivity index (χ1v) is 14.2. The van der Waals surface area contributed by atoms with E-state index in [9.17, 15) is 19.5 Å². The summed E-state index contributed by atoms with van der Waals surface area (Å²) in [4.78, 5) is 40.5. The molecule has 0 aliphatic carbocycles. The largest absolute Gasteiger partial charge is 0.480 e. The molecule has 0 radical (unpaired) electrons. The van der Waals surface area contributed by atoms with Gasteiger partial charge in [0.25, 0.3) is 0 Å². The van der Waals surface area contributed by atoms with Gasteiger partial charge in [-0.05, 0) is 42.0 Å². The number of nitrogens with zero attached hydrogens (tertiary/aromatic N) is 1. The molecule has 3 heterocycles. The Hall–Kier alpha value is -2.95. The number of carboxylic acid groups (broad SMARTS) is 1. The summed E-state index contributed by atoms with van der Waals surface area (Å²) in [5.41, 5.74) is 2.24. The first-order valence-electron chi connectivity index (χ1n) is 11.6. The van der Waals surface area contributed by atoms with Crippen molar-refractivity contribution in [2.45, 2.75) is 33.2 Å². The van der Waals surface area contributed by atoms with Gasteiger partial charge in [0, 0.05) is 20.1 Å². The maximum Gasteiger partial charge on any atom is 0.325 e. The van der Waals surface area contributed by atoms with Gasteiger partial charge in [0.15, 0.2) is 4.75 Å². The molecule has 0 spiro atoms. The summed E-state index contributed by atoms with van der Waals surface area (Å²) in [6.45, 7) is 0.00486. The molecule has 188 valence electrons. The number of thioether (sulfide) groups is 2. The number of aliphatic carboxylic acids is 1. The summed E-state index contributed by atoms with van der Waals surface area (Å²) in [7, 11) is 0. The average molecular weight is 598 g/mol. The maximum absolute atomic E-state index is 13.0. The van der Waals surface area contributed by atoms with E-state index in [0.29, 0.717) is 16.9 Å². The van der Waals surface area contributed by atoms with E-state index in [2.05, 4.69) is 21.2 Å². The van der Waals surface area contributed by atoms with Crippen molar-refractivity contribution in [3.8, 4) is 0 Å². The Morgan fingerprint density at radius 3 is 2.62 bits per heavy atom. The van der Waals surface area contributed by atoms with Crippen molar-refractivity contribution in [2.75, 3.05) is 6.54 Å². The van der Waals surface area contributed by atoms with Crippen LogP contribution in [0.25, 0.3) is 21.9 Å². The van der Waals surface area contributed by atoms with Crippen molar-refractivity contribution in [3.05, 3.63) is 76.8 Å². The number of hydrogen-bond donors (Lipinski definition) is 2. The van der Waals surface area contributed by atoms with Crippen LogP contribution in [-0.2, 0) is 20.8 Å². The Kier molecular flexibility index (Phi) is 6.21. The van der Waals surface area contributed by atoms with Crippen LogP contribution in [0.4, 0.5) is 0 Å². The lowest BCUT2D eigenvalue weighted by molar-refractivity contribution is -0.147. The number of amides is 2. The van der Waals surface area contributed by atoms with E-state index in [-0.39, 0.29) is 30.2 Å². The Labute approximate surface area is 229 Å². The fourth-order valence-corrected chi connectivity index (χ4v) is 8.01. The molecule has 2 saturated heterocycles. The molecule has 0 saturated carbocycles. The van der Waals surface area contributed by atoms with E-state index in [0.717, 1.165) is 38.2 Å². The molecule has 37 heavy (non-hydrogen) atoms. The second-order valence-electron chi connectivity index (χ2n) is 9.12. The standard InChI is InChI=1S/C27H21BrN2O5S2/c28-16-7-5-15(6-8-16)11-22(31)29-25-27(26(33)34,14-30-23(32)13-24(30)36-25)37-17-9-10-19-18-3-1-2-4-20(18)35-21(19)12-17/h1-10,12,24-25H,11,13-14H2,(H,29,31)(H,33,34)/t24-,25?,27?/m1/s1. The Morgan fingerprint density at radius 1 is 1.11 bits per heavy atom. The molecular weight excluding hydrogens is 576 g/mol. The van der Waals surface area contributed by atoms with Crippen LogP contribution in [0.2, 0.25) is 0 Å². The Bertz CT molecular complexity index is 1560. The molecule has 2 N–H and O–H groups in total. The summed E-state index contributed by atoms with van der Waals surface area (Å²) in [5, 5.41) is 14.6. The predicted octanol–water partition coefficient (Wildman–Crippen LogP) is 5.25. The third-order valence-electron chi connectivity index (χ3n) is 6.72. The number of fused-ring (bicyclic) bond motifs is 4. The normalized spacial score (nSPS) is 23.1. The first kappa shape index (κ1) is 24.4. The van der Waals surface area contributed by atoms with Crippen molar-refractivity contribution in [3.63, 3.8) is 0 Å². The number of furan rings is 1. The highest BCUT2D eigenvalue weighted by Crippen LogP contribution is 2.50. The molecule has 7 nitrogen and oxygen atoms in total. The molecular formula is C27H21BrN2O5S2. The first-order chi connectivity index (χ1) is 17.8. The zero-order valence-electron chi connectivity index (χ0n) is 19.3. The van der Waals surface area contributed by atoms with Crippen molar-refractivity contribution < 1.29 is 23.9 Å². The second kappa shape index (κ2) is 9.41. The van der Waals surface area contributed by atoms with Gasteiger partial charge < -0.3 is 19.7 Å². The van der Waals surface area contributed by atoms with Gasteiger partial charge in [-0.3, -0.25) is 14.4 Å². The highest BCUT2D eigenvalue weighted by atomic mass is 79.9. The number of β-lactam (4-membered cyclic amide) rings is 1. The molecule has 2 aliphatic heterocycles. The van der Waals surface area contributed by atoms with Gasteiger partial charge in [-0.2, -0.15) is 0 Å². The van der Waals surface area contributed by atoms with E-state index in [1.54, 1.807) is 4.90 Å². The zero-order valence-corrected chi connectivity index (χ0v) is 22.6. The van der Waals surface area contributed by atoms with Gasteiger partial charge >= 0.3 is 5.97 Å². The van der Waals surface area contributed by atoms with E-state index >= 15 is 0 Å². The average Bonchev–Trinajstić information content (AvgIpc) is 3.24. The summed E-state index contributed by atoms with van der Waals surface area (Å²) in [5.74, 6) is -1.42. The van der Waals surface area contributed by atoms with Gasteiger partial charge in [0.05, 0.1) is 24.8 Å². The van der Waals surface area contributed by atoms with Gasteiger partial charge in [-0.15, -0.1) is 23.5 Å². The minimum Gasteiger partial charge on any atom is -0.480 e. The SMILES string of the molecule is O=C(Cc1ccc(Br)cc1)NC1S[C@@H]2CC(=O)N2CC1(Sc1ccc2c(c1)oc1ccccc12)C(=O)O. The maximum atomic E-state index is 13.0. The lowest BCUT2D eigenvalue weighted by Gasteiger charge is -2.53. The van der Waals surface area contributed by atoms with E-state index in [1.165, 1.54) is 11.8 Å². The number of halogens is 1. The Morgan fingerprint density at radius 2 is 1.86 bits per heavy atom. The number of nitrogens with one attached hydrogen (secondary N) is 1. The van der Waals surface area contributed by atoms with Crippen LogP contribution in [0, 0.1) is 0 Å². The summed E-state index contributed by atoms with van der Waals surface area (Å²) in [6.07, 6.45) is 0.470. The van der Waals surface area contributed by atoms with E-state index in [4.69, 9.17) is 4.42 Å². The molecule has 0 bridgehead atoms. The molecule has 3 aromatic carbocycles. The number of carbonyl (C=O) groups is 3. The molecule has 2 fully saturated rings. The van der Waals surface area contributed by atoms with Crippen LogP contribution in [0.3, 0.4) is 0 Å². The van der Waals surface area contributed by atoms with E-state index < -0.39 is 16.1 Å². The number of benzene rings is 3. The number of carbonyl (C=O) groups excluding carboxylic acids is 2. The fraction of sp³-hybridized carbons (Fsp3) is 0.222. The van der Waals surface area contributed by atoms with Crippen molar-refractivity contribution in [2.24, 2.45) is 0 Å². The molecule has 4 aromatic rings. The van der Waals surface area contributed by atoms with Crippen molar-refractivity contribution in [1.29, 1.82) is 0 Å². The molecule has 2 unspecified atom stereocenters. The molecule has 3 atom stereocenters. The van der Waals surface area contributed by atoms with Crippen molar-refractivity contribution >= 4 is 79.2 Å². The zero-order chi connectivity index (χ0) is 25.7. The Balaban J connectivity index is 1.32. The highest BCUT2D eigenvalue weighted by Gasteiger charge is 2.58. The predicted molar refractivity (Wildman–Crippen MR) is 147 cm³/mol. The van der Waals surface area contributed by atoms with E-state index in [1.807, 2.05) is 66.7 Å². The van der Waals surface area contributed by atoms with Gasteiger partial charge in [0.1, 0.15) is 16.5 Å². The summed E-state index contributed by atoms with van der Waals surface area (Å²) >= 11 is 5.87. The van der Waals surface area contributed by atoms with Crippen LogP contribution in [0.1, 0.15) is 12.0 Å². The number of hydrogen-bond acceptors (Lipinski definition) is 6.